The highest BCUT2D eigenvalue weighted by Crippen LogP contribution is 2.44. The number of aryl methyl sites for hydroxylation is 1. The third-order valence-corrected chi connectivity index (χ3v) is 5.79. The van der Waals surface area contributed by atoms with Crippen molar-refractivity contribution in [3.8, 4) is 0 Å². The summed E-state index contributed by atoms with van der Waals surface area (Å²) in [7, 11) is 0. The highest BCUT2D eigenvalue weighted by molar-refractivity contribution is 9.10. The summed E-state index contributed by atoms with van der Waals surface area (Å²) in [6.07, 6.45) is 5.88. The highest BCUT2D eigenvalue weighted by Gasteiger charge is 2.42. The van der Waals surface area contributed by atoms with E-state index in [1.54, 1.807) is 0 Å². The van der Waals surface area contributed by atoms with E-state index in [1.165, 1.54) is 25.0 Å². The van der Waals surface area contributed by atoms with Crippen LogP contribution >= 0.6 is 15.9 Å². The average Bonchev–Trinajstić information content (AvgIpc) is 2.80. The van der Waals surface area contributed by atoms with Gasteiger partial charge in [-0.05, 0) is 54.1 Å². The molecule has 0 saturated heterocycles. The average molecular weight is 356 g/mol. The van der Waals surface area contributed by atoms with Crippen molar-refractivity contribution in [2.75, 3.05) is 6.54 Å². The molecule has 0 radical (unpaired) electrons. The Morgan fingerprint density at radius 1 is 1.38 bits per heavy atom. The van der Waals surface area contributed by atoms with Crippen molar-refractivity contribution >= 4 is 15.9 Å². The molecule has 1 aliphatic carbocycles. The van der Waals surface area contributed by atoms with E-state index in [1.807, 2.05) is 6.20 Å². The second-order valence-corrected chi connectivity index (χ2v) is 7.92. The van der Waals surface area contributed by atoms with Crippen LogP contribution in [0.2, 0.25) is 0 Å². The van der Waals surface area contributed by atoms with Gasteiger partial charge in [-0.25, -0.2) is 0 Å². The third-order valence-electron chi connectivity index (χ3n) is 5.21. The molecule has 0 bridgehead atoms. The fraction of sp³-hybridized carbons (Fsp3) is 0.824. The molecular formula is C17H30BrN3. The maximum absolute atomic E-state index is 4.53. The van der Waals surface area contributed by atoms with Crippen LogP contribution in [0.15, 0.2) is 10.7 Å². The van der Waals surface area contributed by atoms with Crippen molar-refractivity contribution in [3.63, 3.8) is 0 Å². The molecule has 0 spiro atoms. The molecule has 1 aromatic rings. The second kappa shape index (κ2) is 6.82. The van der Waals surface area contributed by atoms with Crippen LogP contribution in [0.3, 0.4) is 0 Å². The van der Waals surface area contributed by atoms with Crippen molar-refractivity contribution in [1.29, 1.82) is 0 Å². The predicted molar refractivity (Wildman–Crippen MR) is 92.6 cm³/mol. The monoisotopic (exact) mass is 355 g/mol. The zero-order valence-corrected chi connectivity index (χ0v) is 15.7. The van der Waals surface area contributed by atoms with Crippen LogP contribution in [-0.4, -0.2) is 22.4 Å². The van der Waals surface area contributed by atoms with Crippen LogP contribution in [-0.2, 0) is 12.0 Å². The van der Waals surface area contributed by atoms with E-state index in [2.05, 4.69) is 65.6 Å². The normalized spacial score (nSPS) is 27.0. The molecule has 0 amide bonds. The quantitative estimate of drug-likeness (QED) is 0.850. The lowest BCUT2D eigenvalue weighted by molar-refractivity contribution is 0.140. The van der Waals surface area contributed by atoms with E-state index in [-0.39, 0.29) is 5.41 Å². The van der Waals surface area contributed by atoms with E-state index in [9.17, 15) is 0 Å². The molecule has 21 heavy (non-hydrogen) atoms. The lowest BCUT2D eigenvalue weighted by atomic mass is 9.65. The Hall–Kier alpha value is -0.350. The van der Waals surface area contributed by atoms with Gasteiger partial charge in [-0.2, -0.15) is 5.10 Å². The van der Waals surface area contributed by atoms with E-state index in [0.29, 0.717) is 12.0 Å². The molecule has 0 aromatic carbocycles. The Morgan fingerprint density at radius 3 is 2.71 bits per heavy atom. The van der Waals surface area contributed by atoms with Gasteiger partial charge in [0.15, 0.2) is 0 Å². The van der Waals surface area contributed by atoms with Gasteiger partial charge in [-0.15, -0.1) is 0 Å². The fourth-order valence-electron chi connectivity index (χ4n) is 4.15. The molecule has 1 aliphatic rings. The van der Waals surface area contributed by atoms with Crippen LogP contribution in [0.5, 0.6) is 0 Å². The molecule has 0 aliphatic heterocycles. The summed E-state index contributed by atoms with van der Waals surface area (Å²) in [4.78, 5) is 0. The smallest absolute Gasteiger partial charge is 0.0635 e. The van der Waals surface area contributed by atoms with E-state index >= 15 is 0 Å². The number of nitrogens with zero attached hydrogens (tertiary/aromatic N) is 2. The lowest BCUT2D eigenvalue weighted by Gasteiger charge is -2.45. The zero-order chi connectivity index (χ0) is 15.6. The largest absolute Gasteiger partial charge is 0.314 e. The number of rotatable bonds is 5. The maximum Gasteiger partial charge on any atom is 0.0635 e. The van der Waals surface area contributed by atoms with Crippen LogP contribution in [0.25, 0.3) is 0 Å². The molecule has 1 fully saturated rings. The molecule has 3 atom stereocenters. The van der Waals surface area contributed by atoms with Gasteiger partial charge >= 0.3 is 0 Å². The van der Waals surface area contributed by atoms with Crippen LogP contribution in [0.1, 0.15) is 59.6 Å². The van der Waals surface area contributed by atoms with Gasteiger partial charge in [-0.3, -0.25) is 4.68 Å². The Labute approximate surface area is 138 Å². The SMILES string of the molecule is CCNC1CC(C)CCC1C(C)(C)c1c(Br)cnn1CC. The van der Waals surface area contributed by atoms with E-state index in [4.69, 9.17) is 0 Å². The zero-order valence-electron chi connectivity index (χ0n) is 14.1. The first-order valence-electron chi connectivity index (χ1n) is 8.36. The topological polar surface area (TPSA) is 29.9 Å². The molecule has 1 aromatic heterocycles. The summed E-state index contributed by atoms with van der Waals surface area (Å²) >= 11 is 3.73. The number of hydrogen-bond donors (Lipinski definition) is 1. The summed E-state index contributed by atoms with van der Waals surface area (Å²) < 4.78 is 3.31. The first-order valence-corrected chi connectivity index (χ1v) is 9.16. The van der Waals surface area contributed by atoms with Crippen molar-refractivity contribution < 1.29 is 0 Å². The molecule has 1 saturated carbocycles. The molecule has 120 valence electrons. The fourth-order valence-corrected chi connectivity index (χ4v) is 4.96. The summed E-state index contributed by atoms with van der Waals surface area (Å²) in [5.74, 6) is 1.49. The van der Waals surface area contributed by atoms with Gasteiger partial charge in [0, 0.05) is 18.0 Å². The number of hydrogen-bond acceptors (Lipinski definition) is 2. The minimum absolute atomic E-state index is 0.123. The minimum Gasteiger partial charge on any atom is -0.314 e. The highest BCUT2D eigenvalue weighted by atomic mass is 79.9. The molecular weight excluding hydrogens is 326 g/mol. The van der Waals surface area contributed by atoms with E-state index in [0.717, 1.165) is 23.5 Å². The molecule has 3 unspecified atom stereocenters. The first kappa shape index (κ1) is 17.0. The lowest BCUT2D eigenvalue weighted by Crippen LogP contribution is -2.49. The predicted octanol–water partition coefficient (Wildman–Crippen LogP) is 4.36. The van der Waals surface area contributed by atoms with Crippen molar-refractivity contribution in [2.24, 2.45) is 11.8 Å². The summed E-state index contributed by atoms with van der Waals surface area (Å²) in [5.41, 5.74) is 1.48. The van der Waals surface area contributed by atoms with Crippen LogP contribution in [0.4, 0.5) is 0 Å². The third kappa shape index (κ3) is 3.37. The van der Waals surface area contributed by atoms with Crippen LogP contribution in [0, 0.1) is 11.8 Å². The van der Waals surface area contributed by atoms with Crippen molar-refractivity contribution in [2.45, 2.75) is 71.9 Å². The molecule has 3 nitrogen and oxygen atoms in total. The second-order valence-electron chi connectivity index (χ2n) is 7.07. The summed E-state index contributed by atoms with van der Waals surface area (Å²) in [6, 6.07) is 0.612. The van der Waals surface area contributed by atoms with Crippen LogP contribution < -0.4 is 5.32 Å². The summed E-state index contributed by atoms with van der Waals surface area (Å²) in [5, 5.41) is 8.28. The number of nitrogens with one attached hydrogen (secondary N) is 1. The first-order chi connectivity index (χ1) is 9.91. The Bertz CT molecular complexity index is 467. The molecule has 4 heteroatoms. The van der Waals surface area contributed by atoms with Crippen molar-refractivity contribution in [3.05, 3.63) is 16.4 Å². The van der Waals surface area contributed by atoms with Gasteiger partial charge in [-0.1, -0.05) is 34.1 Å². The Morgan fingerprint density at radius 2 is 2.10 bits per heavy atom. The van der Waals surface area contributed by atoms with Gasteiger partial charge < -0.3 is 5.32 Å². The number of aromatic nitrogens is 2. The summed E-state index contributed by atoms with van der Waals surface area (Å²) in [6.45, 7) is 13.6. The Kier molecular flexibility index (Phi) is 5.53. The maximum atomic E-state index is 4.53. The Balaban J connectivity index is 2.34. The van der Waals surface area contributed by atoms with Gasteiger partial charge in [0.1, 0.15) is 0 Å². The van der Waals surface area contributed by atoms with Crippen molar-refractivity contribution in [1.82, 2.24) is 15.1 Å². The minimum atomic E-state index is 0.123. The van der Waals surface area contributed by atoms with Gasteiger partial charge in [0.2, 0.25) is 0 Å². The number of halogens is 1. The van der Waals surface area contributed by atoms with Gasteiger partial charge in [0.25, 0.3) is 0 Å². The molecule has 2 rings (SSSR count). The van der Waals surface area contributed by atoms with E-state index < -0.39 is 0 Å². The van der Waals surface area contributed by atoms with Gasteiger partial charge in [0.05, 0.1) is 16.4 Å². The molecule has 1 N–H and O–H groups in total. The standard InChI is InChI=1S/C17H30BrN3/c1-6-19-15-10-12(3)8-9-13(15)17(4,5)16-14(18)11-20-21(16)7-2/h11-13,15,19H,6-10H2,1-5H3. The molecule has 1 heterocycles.